The number of amides is 2. The molecule has 0 saturated heterocycles. The zero-order valence-electron chi connectivity index (χ0n) is 15.3. The number of hydrogen-bond donors (Lipinski definition) is 0. The second-order valence-electron chi connectivity index (χ2n) is 7.02. The van der Waals surface area contributed by atoms with Gasteiger partial charge in [-0.15, -0.1) is 0 Å². The van der Waals surface area contributed by atoms with Crippen LogP contribution in [0.15, 0.2) is 45.8 Å². The fraction of sp³-hybridized carbons (Fsp3) is 0.300. The summed E-state index contributed by atoms with van der Waals surface area (Å²) in [5, 5.41) is 0. The molecule has 0 aromatic heterocycles. The molecule has 0 radical (unpaired) electrons. The van der Waals surface area contributed by atoms with E-state index in [0.717, 1.165) is 23.2 Å². The molecular formula is C20H19BrN2O4S. The summed E-state index contributed by atoms with van der Waals surface area (Å²) in [5.74, 6) is -1.19. The van der Waals surface area contributed by atoms with E-state index in [0.29, 0.717) is 29.7 Å². The van der Waals surface area contributed by atoms with Crippen LogP contribution in [0.2, 0.25) is 0 Å². The molecule has 2 aromatic rings. The lowest BCUT2D eigenvalue weighted by Gasteiger charge is -2.19. The van der Waals surface area contributed by atoms with Crippen molar-refractivity contribution in [2.24, 2.45) is 0 Å². The van der Waals surface area contributed by atoms with Crippen molar-refractivity contribution < 1.29 is 18.0 Å². The molecule has 28 heavy (non-hydrogen) atoms. The van der Waals surface area contributed by atoms with Gasteiger partial charge in [0.25, 0.3) is 0 Å². The molecule has 0 bridgehead atoms. The van der Waals surface area contributed by atoms with E-state index in [1.165, 1.54) is 17.9 Å². The van der Waals surface area contributed by atoms with Gasteiger partial charge in [0.2, 0.25) is 11.8 Å². The Labute approximate surface area is 172 Å². The van der Waals surface area contributed by atoms with Gasteiger partial charge in [0.05, 0.1) is 4.90 Å². The molecule has 0 N–H and O–H groups in total. The zero-order chi connectivity index (χ0) is 20.1. The van der Waals surface area contributed by atoms with Crippen molar-refractivity contribution in [3.05, 3.63) is 52.0 Å². The van der Waals surface area contributed by atoms with E-state index in [-0.39, 0.29) is 10.8 Å². The fourth-order valence-electron chi connectivity index (χ4n) is 3.87. The second-order valence-corrected chi connectivity index (χ2v) is 9.83. The first-order chi connectivity index (χ1) is 13.3. The smallest absolute Gasteiger partial charge is 0.242 e. The molecule has 4 rings (SSSR count). The number of para-hydroxylation sites is 1. The Kier molecular flexibility index (Phi) is 4.79. The summed E-state index contributed by atoms with van der Waals surface area (Å²) >= 11 is 3.33. The van der Waals surface area contributed by atoms with Crippen molar-refractivity contribution in [2.75, 3.05) is 28.6 Å². The minimum Gasteiger partial charge on any atom is -0.312 e. The van der Waals surface area contributed by atoms with Crippen LogP contribution in [0.1, 0.15) is 18.1 Å². The van der Waals surface area contributed by atoms with Gasteiger partial charge < -0.3 is 9.80 Å². The first-order valence-corrected chi connectivity index (χ1v) is 11.4. The molecular weight excluding hydrogens is 444 g/mol. The molecule has 2 heterocycles. The molecule has 0 spiro atoms. The predicted octanol–water partition coefficient (Wildman–Crippen LogP) is 2.72. The van der Waals surface area contributed by atoms with Crippen molar-refractivity contribution in [3.8, 4) is 0 Å². The Morgan fingerprint density at radius 2 is 1.68 bits per heavy atom. The van der Waals surface area contributed by atoms with Gasteiger partial charge in [-0.05, 0) is 58.1 Å². The lowest BCUT2D eigenvalue weighted by atomic mass is 10.2. The Morgan fingerprint density at radius 3 is 2.43 bits per heavy atom. The van der Waals surface area contributed by atoms with Crippen LogP contribution in [0.4, 0.5) is 11.4 Å². The van der Waals surface area contributed by atoms with Crippen LogP contribution in [-0.2, 0) is 32.3 Å². The molecule has 2 aliphatic rings. The third-order valence-corrected chi connectivity index (χ3v) is 7.80. The van der Waals surface area contributed by atoms with Crippen LogP contribution >= 0.6 is 15.9 Å². The molecule has 0 aliphatic carbocycles. The molecule has 0 unspecified atom stereocenters. The van der Waals surface area contributed by atoms with Gasteiger partial charge >= 0.3 is 0 Å². The van der Waals surface area contributed by atoms with Crippen molar-refractivity contribution in [1.29, 1.82) is 0 Å². The van der Waals surface area contributed by atoms with Crippen LogP contribution in [-0.4, -0.2) is 39.1 Å². The molecule has 0 saturated carbocycles. The molecule has 0 atom stereocenters. The van der Waals surface area contributed by atoms with Crippen molar-refractivity contribution in [3.63, 3.8) is 0 Å². The number of fused-ring (bicyclic) bond motifs is 2. The summed E-state index contributed by atoms with van der Waals surface area (Å²) in [6.45, 7) is 2.47. The van der Waals surface area contributed by atoms with E-state index in [4.69, 9.17) is 0 Å². The van der Waals surface area contributed by atoms with Crippen LogP contribution in [0, 0.1) is 0 Å². The van der Waals surface area contributed by atoms with E-state index < -0.39 is 21.5 Å². The summed E-state index contributed by atoms with van der Waals surface area (Å²) in [4.78, 5) is 27.8. The molecule has 2 amide bonds. The third kappa shape index (κ3) is 3.24. The molecule has 146 valence electrons. The summed E-state index contributed by atoms with van der Waals surface area (Å²) in [7, 11) is -3.88. The Balaban J connectivity index is 1.64. The number of nitrogens with zero attached hydrogens (tertiary/aromatic N) is 2. The number of benzene rings is 2. The SMILES string of the molecule is CC(=O)N1CCc2cc(Br)c(S(=O)(=O)CC(=O)N3CCc4ccccc43)cc21. The molecule has 2 aliphatic heterocycles. The molecule has 8 heteroatoms. The first kappa shape index (κ1) is 19.1. The van der Waals surface area contributed by atoms with Crippen molar-refractivity contribution in [2.45, 2.75) is 24.7 Å². The number of carbonyl (C=O) groups is 2. The lowest BCUT2D eigenvalue weighted by Crippen LogP contribution is -2.34. The summed E-state index contributed by atoms with van der Waals surface area (Å²) in [6, 6.07) is 10.8. The maximum Gasteiger partial charge on any atom is 0.242 e. The predicted molar refractivity (Wildman–Crippen MR) is 110 cm³/mol. The average Bonchev–Trinajstić information content (AvgIpc) is 3.24. The van der Waals surface area contributed by atoms with E-state index in [1.54, 1.807) is 11.0 Å². The summed E-state index contributed by atoms with van der Waals surface area (Å²) < 4.78 is 26.5. The number of halogens is 1. The number of hydrogen-bond acceptors (Lipinski definition) is 4. The highest BCUT2D eigenvalue weighted by Crippen LogP contribution is 2.36. The van der Waals surface area contributed by atoms with Crippen molar-refractivity contribution >= 4 is 49.0 Å². The molecule has 2 aromatic carbocycles. The minimum atomic E-state index is -3.88. The quantitative estimate of drug-likeness (QED) is 0.702. The van der Waals surface area contributed by atoms with Crippen LogP contribution < -0.4 is 9.80 Å². The largest absolute Gasteiger partial charge is 0.312 e. The Hall–Kier alpha value is -2.19. The summed E-state index contributed by atoms with van der Waals surface area (Å²) in [5.41, 5.74) is 3.34. The second kappa shape index (κ2) is 7.00. The topological polar surface area (TPSA) is 74.8 Å². The maximum atomic E-state index is 13.0. The van der Waals surface area contributed by atoms with Crippen molar-refractivity contribution in [1.82, 2.24) is 0 Å². The van der Waals surface area contributed by atoms with Crippen LogP contribution in [0.25, 0.3) is 0 Å². The van der Waals surface area contributed by atoms with Crippen LogP contribution in [0.5, 0.6) is 0 Å². The van der Waals surface area contributed by atoms with Gasteiger partial charge in [-0.1, -0.05) is 18.2 Å². The van der Waals surface area contributed by atoms with E-state index in [1.807, 2.05) is 24.3 Å². The van der Waals surface area contributed by atoms with Gasteiger partial charge in [-0.25, -0.2) is 8.42 Å². The van der Waals surface area contributed by atoms with E-state index in [9.17, 15) is 18.0 Å². The Bertz CT molecular complexity index is 1100. The highest BCUT2D eigenvalue weighted by Gasteiger charge is 2.32. The molecule has 0 fully saturated rings. The van der Waals surface area contributed by atoms with E-state index in [2.05, 4.69) is 15.9 Å². The van der Waals surface area contributed by atoms with Gasteiger partial charge in [-0.2, -0.15) is 0 Å². The normalized spacial score (nSPS) is 15.5. The fourth-order valence-corrected chi connectivity index (χ4v) is 6.28. The monoisotopic (exact) mass is 462 g/mol. The van der Waals surface area contributed by atoms with Gasteiger partial charge in [0, 0.05) is 35.9 Å². The highest BCUT2D eigenvalue weighted by molar-refractivity contribution is 9.10. The summed E-state index contributed by atoms with van der Waals surface area (Å²) in [6.07, 6.45) is 1.40. The van der Waals surface area contributed by atoms with Crippen LogP contribution in [0.3, 0.4) is 0 Å². The minimum absolute atomic E-state index is 0.0419. The Morgan fingerprint density at radius 1 is 1.00 bits per heavy atom. The third-order valence-electron chi connectivity index (χ3n) is 5.25. The number of carbonyl (C=O) groups excluding carboxylic acids is 2. The van der Waals surface area contributed by atoms with E-state index >= 15 is 0 Å². The first-order valence-electron chi connectivity index (χ1n) is 8.99. The average molecular weight is 463 g/mol. The number of anilines is 2. The zero-order valence-corrected chi connectivity index (χ0v) is 17.7. The number of rotatable bonds is 3. The number of sulfone groups is 1. The van der Waals surface area contributed by atoms with Gasteiger partial charge in [-0.3, -0.25) is 9.59 Å². The maximum absolute atomic E-state index is 13.0. The molecule has 6 nitrogen and oxygen atoms in total. The lowest BCUT2D eigenvalue weighted by molar-refractivity contribution is -0.117. The highest BCUT2D eigenvalue weighted by atomic mass is 79.9. The standard InChI is InChI=1S/C20H19BrN2O4S/c1-13(24)22-8-7-15-10-16(21)19(11-18(15)22)28(26,27)12-20(25)23-9-6-14-4-2-3-5-17(14)23/h2-5,10-11H,6-9,12H2,1H3. The van der Waals surface area contributed by atoms with Gasteiger partial charge in [0.1, 0.15) is 5.75 Å². The van der Waals surface area contributed by atoms with Gasteiger partial charge in [0.15, 0.2) is 9.84 Å².